The molecular formula is C17H13NO2. The maximum Gasteiger partial charge on any atom is 0.167 e. The first-order chi connectivity index (χ1) is 9.61. The molecular weight excluding hydrogens is 250 g/mol. The molecule has 0 spiro atoms. The molecule has 0 saturated heterocycles. The molecule has 0 amide bonds. The van der Waals surface area contributed by atoms with E-state index in [2.05, 4.69) is 0 Å². The molecule has 2 aromatic carbocycles. The zero-order valence-corrected chi connectivity index (χ0v) is 11.1. The number of hydrogen-bond donors (Lipinski definition) is 0. The zero-order valence-electron chi connectivity index (χ0n) is 11.1. The third-order valence-corrected chi connectivity index (χ3v) is 3.05. The van der Waals surface area contributed by atoms with Gasteiger partial charge in [0.15, 0.2) is 11.6 Å². The van der Waals surface area contributed by atoms with Crippen molar-refractivity contribution in [2.75, 3.05) is 0 Å². The third kappa shape index (κ3) is 2.99. The Morgan fingerprint density at radius 3 is 2.15 bits per heavy atom. The van der Waals surface area contributed by atoms with Crippen molar-refractivity contribution in [3.8, 4) is 6.07 Å². The molecule has 0 aliphatic carbocycles. The minimum absolute atomic E-state index is 0.0968. The molecule has 20 heavy (non-hydrogen) atoms. The number of carbonyl (C=O) groups is 2. The predicted molar refractivity (Wildman–Crippen MR) is 75.6 cm³/mol. The Hall–Kier alpha value is -2.73. The molecule has 98 valence electrons. The van der Waals surface area contributed by atoms with Crippen LogP contribution in [0.3, 0.4) is 0 Å². The van der Waals surface area contributed by atoms with Gasteiger partial charge in [0.05, 0.1) is 11.6 Å². The summed E-state index contributed by atoms with van der Waals surface area (Å²) in [6.07, 6.45) is 0.218. The van der Waals surface area contributed by atoms with E-state index in [1.807, 2.05) is 6.07 Å². The van der Waals surface area contributed by atoms with Gasteiger partial charge in [0.2, 0.25) is 0 Å². The van der Waals surface area contributed by atoms with Crippen LogP contribution in [0.4, 0.5) is 0 Å². The summed E-state index contributed by atoms with van der Waals surface area (Å²) >= 11 is 0. The molecule has 2 rings (SSSR count). The Morgan fingerprint density at radius 2 is 1.60 bits per heavy atom. The van der Waals surface area contributed by atoms with Crippen LogP contribution in [0.2, 0.25) is 0 Å². The second-order valence-electron chi connectivity index (χ2n) is 4.51. The van der Waals surface area contributed by atoms with Crippen LogP contribution in [-0.4, -0.2) is 11.6 Å². The molecule has 0 radical (unpaired) electrons. The van der Waals surface area contributed by atoms with Gasteiger partial charge in [-0.3, -0.25) is 9.59 Å². The van der Waals surface area contributed by atoms with Gasteiger partial charge in [-0.05, 0) is 24.6 Å². The average molecular weight is 263 g/mol. The third-order valence-electron chi connectivity index (χ3n) is 3.05. The van der Waals surface area contributed by atoms with Gasteiger partial charge in [-0.25, -0.2) is 0 Å². The number of ketones is 2. The smallest absolute Gasteiger partial charge is 0.167 e. The van der Waals surface area contributed by atoms with Gasteiger partial charge in [0.25, 0.3) is 0 Å². The van der Waals surface area contributed by atoms with Crippen LogP contribution in [0.15, 0.2) is 48.5 Å². The molecule has 0 aliphatic heterocycles. The highest BCUT2D eigenvalue weighted by Gasteiger charge is 2.14. The number of rotatable bonds is 4. The Labute approximate surface area is 117 Å². The molecule has 0 saturated carbocycles. The second kappa shape index (κ2) is 5.94. The van der Waals surface area contributed by atoms with Gasteiger partial charge < -0.3 is 0 Å². The highest BCUT2D eigenvalue weighted by atomic mass is 16.1. The molecule has 0 fully saturated rings. The number of carbonyl (C=O) groups excluding carboxylic acids is 2. The van der Waals surface area contributed by atoms with E-state index >= 15 is 0 Å². The molecule has 0 N–H and O–H groups in total. The largest absolute Gasteiger partial charge is 0.294 e. The van der Waals surface area contributed by atoms with Gasteiger partial charge in [-0.1, -0.05) is 36.4 Å². The lowest BCUT2D eigenvalue weighted by Gasteiger charge is -2.06. The van der Waals surface area contributed by atoms with Crippen LogP contribution < -0.4 is 0 Å². The van der Waals surface area contributed by atoms with Crippen LogP contribution in [0.5, 0.6) is 0 Å². The molecule has 3 heteroatoms. The molecule has 0 unspecified atom stereocenters. The van der Waals surface area contributed by atoms with E-state index in [-0.39, 0.29) is 18.0 Å². The highest BCUT2D eigenvalue weighted by Crippen LogP contribution is 2.14. The van der Waals surface area contributed by atoms with Gasteiger partial charge >= 0.3 is 0 Å². The van der Waals surface area contributed by atoms with E-state index in [0.717, 1.165) is 5.56 Å². The Bertz CT molecular complexity index is 694. The summed E-state index contributed by atoms with van der Waals surface area (Å²) in [5.41, 5.74) is 2.29. The monoisotopic (exact) mass is 263 g/mol. The van der Waals surface area contributed by atoms with E-state index in [0.29, 0.717) is 16.7 Å². The average Bonchev–Trinajstić information content (AvgIpc) is 2.48. The van der Waals surface area contributed by atoms with Crippen LogP contribution in [-0.2, 0) is 6.42 Å². The quantitative estimate of drug-likeness (QED) is 0.796. The fourth-order valence-electron chi connectivity index (χ4n) is 2.01. The maximum atomic E-state index is 12.3. The zero-order chi connectivity index (χ0) is 14.5. The van der Waals surface area contributed by atoms with E-state index in [1.165, 1.54) is 6.92 Å². The van der Waals surface area contributed by atoms with Gasteiger partial charge in [0, 0.05) is 17.5 Å². The second-order valence-corrected chi connectivity index (χ2v) is 4.51. The normalized spacial score (nSPS) is 9.80. The molecule has 2 aromatic rings. The summed E-state index contributed by atoms with van der Waals surface area (Å²) in [7, 11) is 0. The summed E-state index contributed by atoms with van der Waals surface area (Å²) in [5.74, 6) is -0.214. The van der Waals surface area contributed by atoms with E-state index < -0.39 is 0 Å². The molecule has 0 heterocycles. The molecule has 0 aromatic heterocycles. The topological polar surface area (TPSA) is 57.9 Å². The van der Waals surface area contributed by atoms with Crippen LogP contribution in [0.1, 0.15) is 38.8 Å². The summed E-state index contributed by atoms with van der Waals surface area (Å²) in [5, 5.41) is 8.73. The first-order valence-corrected chi connectivity index (χ1v) is 6.24. The molecule has 0 atom stereocenters. The highest BCUT2D eigenvalue weighted by molar-refractivity contribution is 6.08. The lowest BCUT2D eigenvalue weighted by Crippen LogP contribution is -2.09. The number of Topliss-reactive ketones (excluding diaryl/α,β-unsaturated/α-hetero) is 2. The SMILES string of the molecule is CC(=O)c1ccccc1C(=O)Cc1ccc(C#N)cc1. The van der Waals surface area contributed by atoms with E-state index in [1.54, 1.807) is 48.5 Å². The number of nitrogens with zero attached hydrogens (tertiary/aromatic N) is 1. The summed E-state index contributed by atoms with van der Waals surface area (Å²) in [6, 6.07) is 15.7. The van der Waals surface area contributed by atoms with Crippen molar-refractivity contribution in [2.24, 2.45) is 0 Å². The van der Waals surface area contributed by atoms with Crippen molar-refractivity contribution in [2.45, 2.75) is 13.3 Å². The summed E-state index contributed by atoms with van der Waals surface area (Å²) < 4.78 is 0. The fourth-order valence-corrected chi connectivity index (χ4v) is 2.01. The van der Waals surface area contributed by atoms with Crippen molar-refractivity contribution in [1.82, 2.24) is 0 Å². The molecule has 3 nitrogen and oxygen atoms in total. The summed E-state index contributed by atoms with van der Waals surface area (Å²) in [4.78, 5) is 23.8. The van der Waals surface area contributed by atoms with Crippen LogP contribution in [0, 0.1) is 11.3 Å². The Kier molecular flexibility index (Phi) is 4.07. The maximum absolute atomic E-state index is 12.3. The lowest BCUT2D eigenvalue weighted by atomic mass is 9.96. The van der Waals surface area contributed by atoms with Crippen molar-refractivity contribution in [1.29, 1.82) is 5.26 Å². The molecule has 0 bridgehead atoms. The fraction of sp³-hybridized carbons (Fsp3) is 0.118. The first kappa shape index (κ1) is 13.7. The Morgan fingerprint density at radius 1 is 1.00 bits per heavy atom. The van der Waals surface area contributed by atoms with Crippen molar-refractivity contribution >= 4 is 11.6 Å². The number of nitriles is 1. The van der Waals surface area contributed by atoms with Crippen molar-refractivity contribution < 1.29 is 9.59 Å². The van der Waals surface area contributed by atoms with E-state index in [9.17, 15) is 9.59 Å². The minimum atomic E-state index is -0.117. The number of benzene rings is 2. The minimum Gasteiger partial charge on any atom is -0.294 e. The first-order valence-electron chi connectivity index (χ1n) is 6.24. The summed E-state index contributed by atoms with van der Waals surface area (Å²) in [6.45, 7) is 1.45. The lowest BCUT2D eigenvalue weighted by molar-refractivity contribution is 0.0969. The van der Waals surface area contributed by atoms with Crippen molar-refractivity contribution in [3.05, 3.63) is 70.8 Å². The standard InChI is InChI=1S/C17H13NO2/c1-12(19)15-4-2-3-5-16(15)17(20)10-13-6-8-14(11-18)9-7-13/h2-9H,10H2,1H3. The van der Waals surface area contributed by atoms with Gasteiger partial charge in [-0.15, -0.1) is 0 Å². The number of hydrogen-bond acceptors (Lipinski definition) is 3. The van der Waals surface area contributed by atoms with Gasteiger partial charge in [-0.2, -0.15) is 5.26 Å². The van der Waals surface area contributed by atoms with Crippen molar-refractivity contribution in [3.63, 3.8) is 0 Å². The van der Waals surface area contributed by atoms with Crippen LogP contribution >= 0.6 is 0 Å². The predicted octanol–water partition coefficient (Wildman–Crippen LogP) is 3.19. The van der Waals surface area contributed by atoms with Gasteiger partial charge in [0.1, 0.15) is 0 Å². The van der Waals surface area contributed by atoms with Crippen LogP contribution in [0.25, 0.3) is 0 Å². The molecule has 0 aliphatic rings. The van der Waals surface area contributed by atoms with E-state index in [4.69, 9.17) is 5.26 Å². The Balaban J connectivity index is 2.24.